The van der Waals surface area contributed by atoms with Crippen molar-refractivity contribution < 1.29 is 13.2 Å². The number of carbonyl (C=O) groups is 1. The molecule has 1 heterocycles. The van der Waals surface area contributed by atoms with Crippen LogP contribution in [0.2, 0.25) is 5.02 Å². The van der Waals surface area contributed by atoms with Crippen molar-refractivity contribution in [2.45, 2.75) is 25.2 Å². The second-order valence-corrected chi connectivity index (χ2v) is 9.80. The fourth-order valence-electron chi connectivity index (χ4n) is 3.45. The van der Waals surface area contributed by atoms with Crippen molar-refractivity contribution in [2.24, 2.45) is 0 Å². The van der Waals surface area contributed by atoms with Crippen LogP contribution in [0.1, 0.15) is 30.6 Å². The Hall–Kier alpha value is -1.19. The number of hydrogen-bond acceptors (Lipinski definition) is 5. The maximum absolute atomic E-state index is 12.9. The molecule has 1 aromatic rings. The van der Waals surface area contributed by atoms with E-state index < -0.39 is 10.0 Å². The van der Waals surface area contributed by atoms with Gasteiger partial charge in [-0.15, -0.1) is 0 Å². The molecule has 0 N–H and O–H groups in total. The largest absolute Gasteiger partial charge is 0.342 e. The number of benzene rings is 1. The molecule has 29 heavy (non-hydrogen) atoms. The van der Waals surface area contributed by atoms with Gasteiger partial charge in [-0.3, -0.25) is 4.79 Å². The summed E-state index contributed by atoms with van der Waals surface area (Å²) < 4.78 is 26.9. The van der Waals surface area contributed by atoms with Gasteiger partial charge in [0.15, 0.2) is 0 Å². The molecule has 0 atom stereocenters. The summed E-state index contributed by atoms with van der Waals surface area (Å²) in [6.07, 6.45) is 0.862. The van der Waals surface area contributed by atoms with Gasteiger partial charge in [0, 0.05) is 52.9 Å². The third-order valence-electron chi connectivity index (χ3n) is 5.42. The highest BCUT2D eigenvalue weighted by Gasteiger charge is 2.25. The minimum Gasteiger partial charge on any atom is -0.342 e. The molecule has 9 heteroatoms. The highest BCUT2D eigenvalue weighted by molar-refractivity contribution is 7.89. The van der Waals surface area contributed by atoms with Crippen LogP contribution in [0.25, 0.3) is 0 Å². The Kier molecular flexibility index (Phi) is 8.91. The van der Waals surface area contributed by atoms with Gasteiger partial charge in [0.25, 0.3) is 5.91 Å². The Morgan fingerprint density at radius 3 is 2.34 bits per heavy atom. The van der Waals surface area contributed by atoms with Gasteiger partial charge in [-0.25, -0.2) is 8.42 Å². The van der Waals surface area contributed by atoms with E-state index in [1.807, 2.05) is 0 Å². The zero-order valence-corrected chi connectivity index (χ0v) is 19.5. The summed E-state index contributed by atoms with van der Waals surface area (Å²) in [7, 11) is 0.215. The van der Waals surface area contributed by atoms with E-state index >= 15 is 0 Å². The van der Waals surface area contributed by atoms with Crippen molar-refractivity contribution in [2.75, 3.05) is 66.5 Å². The zero-order valence-electron chi connectivity index (χ0n) is 17.9. The minimum atomic E-state index is -3.64. The monoisotopic (exact) mass is 444 g/mol. The summed E-state index contributed by atoms with van der Waals surface area (Å²) in [5.74, 6) is -0.259. The lowest BCUT2D eigenvalue weighted by Gasteiger charge is -2.32. The predicted octanol–water partition coefficient (Wildman–Crippen LogP) is 2.08. The fraction of sp³-hybridized carbons (Fsp3) is 0.650. The molecular weight excluding hydrogens is 412 g/mol. The van der Waals surface area contributed by atoms with E-state index in [0.29, 0.717) is 19.6 Å². The predicted molar refractivity (Wildman–Crippen MR) is 117 cm³/mol. The molecule has 7 nitrogen and oxygen atoms in total. The Labute approximate surface area is 180 Å². The van der Waals surface area contributed by atoms with E-state index in [9.17, 15) is 13.2 Å². The minimum absolute atomic E-state index is 0.0970. The van der Waals surface area contributed by atoms with Crippen molar-refractivity contribution >= 4 is 27.5 Å². The molecule has 0 aliphatic carbocycles. The molecule has 0 radical (unpaired) electrons. The van der Waals surface area contributed by atoms with Crippen LogP contribution in [0.4, 0.5) is 0 Å². The normalized spacial score (nSPS) is 16.3. The molecule has 164 valence electrons. The Morgan fingerprint density at radius 2 is 1.76 bits per heavy atom. The number of sulfonamides is 1. The van der Waals surface area contributed by atoms with Crippen LogP contribution < -0.4 is 0 Å². The summed E-state index contributed by atoms with van der Waals surface area (Å²) in [4.78, 5) is 19.3. The molecular formula is C20H33ClN4O3S. The van der Waals surface area contributed by atoms with Gasteiger partial charge in [-0.05, 0) is 38.2 Å². The summed E-state index contributed by atoms with van der Waals surface area (Å²) in [6.45, 7) is 10.1. The molecule has 0 aromatic heterocycles. The third-order valence-corrected chi connectivity index (χ3v) is 7.80. The number of nitrogens with zero attached hydrogens (tertiary/aromatic N) is 4. The van der Waals surface area contributed by atoms with E-state index in [0.717, 1.165) is 39.1 Å². The van der Waals surface area contributed by atoms with Gasteiger partial charge in [-0.1, -0.05) is 25.4 Å². The first-order valence-electron chi connectivity index (χ1n) is 10.2. The maximum Gasteiger partial charge on any atom is 0.255 e. The summed E-state index contributed by atoms with van der Waals surface area (Å²) in [5.41, 5.74) is 0.224. The van der Waals surface area contributed by atoms with Gasteiger partial charge < -0.3 is 14.7 Å². The molecule has 2 rings (SSSR count). The van der Waals surface area contributed by atoms with Crippen LogP contribution in [0.5, 0.6) is 0 Å². The fourth-order valence-corrected chi connectivity index (χ4v) is 5.13. The maximum atomic E-state index is 12.9. The Morgan fingerprint density at radius 1 is 1.14 bits per heavy atom. The molecule has 1 aliphatic heterocycles. The first kappa shape index (κ1) is 24.1. The van der Waals surface area contributed by atoms with Gasteiger partial charge in [-0.2, -0.15) is 4.31 Å². The molecule has 0 spiro atoms. The summed E-state index contributed by atoms with van der Waals surface area (Å²) in [6, 6.07) is 4.35. The molecule has 0 unspecified atom stereocenters. The molecule has 1 aliphatic rings. The molecule has 1 amide bonds. The van der Waals surface area contributed by atoms with E-state index in [1.54, 1.807) is 25.8 Å². The number of hydrogen-bond donors (Lipinski definition) is 0. The van der Waals surface area contributed by atoms with Crippen molar-refractivity contribution in [3.63, 3.8) is 0 Å². The average Bonchev–Trinajstić information content (AvgIpc) is 2.69. The van der Waals surface area contributed by atoms with Gasteiger partial charge >= 0.3 is 0 Å². The molecule has 0 bridgehead atoms. The average molecular weight is 445 g/mol. The number of likely N-dealkylation sites (N-methyl/N-ethyl adjacent to an activating group) is 1. The van der Waals surface area contributed by atoms with E-state index in [4.69, 9.17) is 11.6 Å². The lowest BCUT2D eigenvalue weighted by Crippen LogP contribution is -2.45. The summed E-state index contributed by atoms with van der Waals surface area (Å²) >= 11 is 6.23. The van der Waals surface area contributed by atoms with Crippen LogP contribution in [0, 0.1) is 0 Å². The standard InChI is InChI=1S/C20H33ClN4O3S/c1-5-25(6-2)29(27,28)17-8-9-19(21)18(16-17)20(26)23(4)10-7-11-24-14-12-22(3)13-15-24/h8-9,16H,5-7,10-15H2,1-4H3. The highest BCUT2D eigenvalue weighted by atomic mass is 35.5. The van der Waals surface area contributed by atoms with Crippen molar-refractivity contribution in [3.8, 4) is 0 Å². The Bertz CT molecular complexity index is 791. The number of halogens is 1. The topological polar surface area (TPSA) is 64.2 Å². The second kappa shape index (κ2) is 10.7. The van der Waals surface area contributed by atoms with Crippen molar-refractivity contribution in [1.82, 2.24) is 19.0 Å². The Balaban J connectivity index is 2.04. The SMILES string of the molecule is CCN(CC)S(=O)(=O)c1ccc(Cl)c(C(=O)N(C)CCCN2CCN(C)CC2)c1. The van der Waals surface area contributed by atoms with Crippen molar-refractivity contribution in [1.29, 1.82) is 0 Å². The first-order chi connectivity index (χ1) is 13.7. The lowest BCUT2D eigenvalue weighted by atomic mass is 10.2. The number of carbonyl (C=O) groups excluding carboxylic acids is 1. The highest BCUT2D eigenvalue weighted by Crippen LogP contribution is 2.24. The van der Waals surface area contributed by atoms with E-state index in [1.165, 1.54) is 22.5 Å². The van der Waals surface area contributed by atoms with Gasteiger partial charge in [0.1, 0.15) is 0 Å². The summed E-state index contributed by atoms with van der Waals surface area (Å²) in [5, 5.41) is 0.263. The number of amides is 1. The van der Waals surface area contributed by atoms with E-state index in [-0.39, 0.29) is 21.4 Å². The quantitative estimate of drug-likeness (QED) is 0.583. The van der Waals surface area contributed by atoms with E-state index in [2.05, 4.69) is 16.8 Å². The molecule has 1 saturated heterocycles. The van der Waals surface area contributed by atoms with Crippen LogP contribution in [0.15, 0.2) is 23.1 Å². The number of piperazine rings is 1. The van der Waals surface area contributed by atoms with Crippen LogP contribution >= 0.6 is 11.6 Å². The zero-order chi connectivity index (χ0) is 21.6. The molecule has 1 fully saturated rings. The lowest BCUT2D eigenvalue weighted by molar-refractivity contribution is 0.0783. The second-order valence-electron chi connectivity index (χ2n) is 7.46. The first-order valence-corrected chi connectivity index (χ1v) is 12.0. The third kappa shape index (κ3) is 6.15. The van der Waals surface area contributed by atoms with Crippen LogP contribution in [-0.2, 0) is 10.0 Å². The van der Waals surface area contributed by atoms with Crippen LogP contribution in [0.3, 0.4) is 0 Å². The van der Waals surface area contributed by atoms with Crippen molar-refractivity contribution in [3.05, 3.63) is 28.8 Å². The molecule has 1 aromatic carbocycles. The van der Waals surface area contributed by atoms with Gasteiger partial charge in [0.05, 0.1) is 15.5 Å². The molecule has 0 saturated carbocycles. The number of rotatable bonds is 9. The smallest absolute Gasteiger partial charge is 0.255 e. The van der Waals surface area contributed by atoms with Crippen LogP contribution in [-0.4, -0.2) is 99.8 Å². The van der Waals surface area contributed by atoms with Gasteiger partial charge in [0.2, 0.25) is 10.0 Å².